The molecule has 0 unspecified atom stereocenters. The molecule has 0 atom stereocenters. The van der Waals surface area contributed by atoms with E-state index in [0.717, 1.165) is 18.2 Å². The quantitative estimate of drug-likeness (QED) is 0.830. The number of anilines is 2. The molecule has 2 aromatic rings. The van der Waals surface area contributed by atoms with Crippen LogP contribution in [0.5, 0.6) is 0 Å². The number of hydrogen-bond donors (Lipinski definition) is 2. The van der Waals surface area contributed by atoms with Crippen molar-refractivity contribution in [2.75, 3.05) is 23.4 Å². The third-order valence-electron chi connectivity index (χ3n) is 2.15. The van der Waals surface area contributed by atoms with Crippen LogP contribution in [0.15, 0.2) is 22.5 Å². The van der Waals surface area contributed by atoms with Crippen LogP contribution in [0, 0.1) is 11.6 Å². The number of amides is 1. The molecular weight excluding hydrogens is 306 g/mol. The molecule has 0 aliphatic carbocycles. The first-order valence-electron chi connectivity index (χ1n) is 5.47. The van der Waals surface area contributed by atoms with E-state index in [4.69, 9.17) is 0 Å². The van der Waals surface area contributed by atoms with E-state index >= 15 is 0 Å². The third kappa shape index (κ3) is 3.87. The van der Waals surface area contributed by atoms with Gasteiger partial charge in [0.05, 0.1) is 11.4 Å². The highest BCUT2D eigenvalue weighted by Gasteiger charge is 2.10. The Balaban J connectivity index is 1.90. The fourth-order valence-electron chi connectivity index (χ4n) is 1.28. The number of thioether (sulfide) groups is 1. The van der Waals surface area contributed by atoms with Gasteiger partial charge in [0.25, 0.3) is 0 Å². The lowest BCUT2D eigenvalue weighted by molar-refractivity contribution is -0.113. The molecule has 2 N–H and O–H groups in total. The number of benzene rings is 1. The third-order valence-corrected chi connectivity index (χ3v) is 4.22. The zero-order chi connectivity index (χ0) is 14.5. The van der Waals surface area contributed by atoms with Crippen molar-refractivity contribution in [2.45, 2.75) is 4.34 Å². The Morgan fingerprint density at radius 3 is 2.90 bits per heavy atom. The van der Waals surface area contributed by atoms with Crippen LogP contribution >= 0.6 is 23.1 Å². The average Bonchev–Trinajstić information content (AvgIpc) is 2.89. The van der Waals surface area contributed by atoms with Crippen LogP contribution in [0.1, 0.15) is 0 Å². The first kappa shape index (κ1) is 14.7. The summed E-state index contributed by atoms with van der Waals surface area (Å²) >= 11 is 2.47. The maximum Gasteiger partial charge on any atom is 0.234 e. The van der Waals surface area contributed by atoms with Gasteiger partial charge in [-0.05, 0) is 12.1 Å². The number of nitrogens with zero attached hydrogens (tertiary/aromatic N) is 2. The van der Waals surface area contributed by atoms with E-state index in [-0.39, 0.29) is 11.4 Å². The summed E-state index contributed by atoms with van der Waals surface area (Å²) in [4.78, 5) is 11.6. The topological polar surface area (TPSA) is 66.9 Å². The molecule has 1 amide bonds. The number of aromatic nitrogens is 2. The van der Waals surface area contributed by atoms with Crippen LogP contribution in [0.2, 0.25) is 0 Å². The van der Waals surface area contributed by atoms with Gasteiger partial charge in [0.2, 0.25) is 11.0 Å². The lowest BCUT2D eigenvalue weighted by atomic mass is 10.3. The van der Waals surface area contributed by atoms with E-state index in [0.29, 0.717) is 9.47 Å². The highest BCUT2D eigenvalue weighted by Crippen LogP contribution is 2.25. The largest absolute Gasteiger partial charge is 0.363 e. The fourth-order valence-corrected chi connectivity index (χ4v) is 2.78. The fraction of sp³-hybridized carbons (Fsp3) is 0.182. The first-order chi connectivity index (χ1) is 9.58. The summed E-state index contributed by atoms with van der Waals surface area (Å²) in [6, 6.07) is 2.88. The van der Waals surface area contributed by atoms with Gasteiger partial charge in [0, 0.05) is 13.1 Å². The van der Waals surface area contributed by atoms with Crippen molar-refractivity contribution < 1.29 is 13.6 Å². The van der Waals surface area contributed by atoms with E-state index in [2.05, 4.69) is 20.8 Å². The summed E-state index contributed by atoms with van der Waals surface area (Å²) in [6.07, 6.45) is 0. The predicted molar refractivity (Wildman–Crippen MR) is 75.2 cm³/mol. The molecule has 9 heteroatoms. The molecule has 0 bridgehead atoms. The standard InChI is InChI=1S/C11H10F2N4OS2/c1-14-10-16-17-11(20-10)19-5-9(18)15-8-4-6(12)2-3-7(8)13/h2-4H,5H2,1H3,(H,14,16)(H,15,18). The van der Waals surface area contributed by atoms with Crippen LogP contribution in [-0.4, -0.2) is 28.9 Å². The second-order valence-corrected chi connectivity index (χ2v) is 5.78. The van der Waals surface area contributed by atoms with Gasteiger partial charge >= 0.3 is 0 Å². The molecule has 0 fully saturated rings. The van der Waals surface area contributed by atoms with E-state index < -0.39 is 17.5 Å². The van der Waals surface area contributed by atoms with Gasteiger partial charge in [-0.1, -0.05) is 23.1 Å². The van der Waals surface area contributed by atoms with Gasteiger partial charge in [0.15, 0.2) is 4.34 Å². The van der Waals surface area contributed by atoms with Gasteiger partial charge in [-0.3, -0.25) is 4.79 Å². The van der Waals surface area contributed by atoms with Gasteiger partial charge < -0.3 is 10.6 Å². The smallest absolute Gasteiger partial charge is 0.234 e. The number of rotatable bonds is 5. The minimum absolute atomic E-state index is 0.0360. The molecule has 1 heterocycles. The Kier molecular flexibility index (Phi) is 4.85. The molecule has 106 valence electrons. The molecule has 0 spiro atoms. The van der Waals surface area contributed by atoms with Crippen molar-refractivity contribution >= 4 is 39.8 Å². The second-order valence-electron chi connectivity index (χ2n) is 3.58. The van der Waals surface area contributed by atoms with Crippen LogP contribution in [-0.2, 0) is 4.79 Å². The van der Waals surface area contributed by atoms with Crippen LogP contribution < -0.4 is 10.6 Å². The molecule has 0 aliphatic heterocycles. The minimum Gasteiger partial charge on any atom is -0.363 e. The van der Waals surface area contributed by atoms with E-state index in [1.165, 1.54) is 23.1 Å². The maximum absolute atomic E-state index is 13.3. The summed E-state index contributed by atoms with van der Waals surface area (Å²) < 4.78 is 26.9. The van der Waals surface area contributed by atoms with Crippen LogP contribution in [0.25, 0.3) is 0 Å². The summed E-state index contributed by atoms with van der Waals surface area (Å²) in [5, 5.41) is 13.4. The Labute approximate surface area is 121 Å². The van der Waals surface area contributed by atoms with Crippen molar-refractivity contribution in [3.63, 3.8) is 0 Å². The second kappa shape index (κ2) is 6.62. The number of hydrogen-bond acceptors (Lipinski definition) is 6. The monoisotopic (exact) mass is 316 g/mol. The highest BCUT2D eigenvalue weighted by atomic mass is 32.2. The van der Waals surface area contributed by atoms with E-state index in [9.17, 15) is 13.6 Å². The number of carbonyl (C=O) groups is 1. The summed E-state index contributed by atoms with van der Waals surface area (Å²) in [7, 11) is 1.72. The Bertz CT molecular complexity index is 620. The maximum atomic E-state index is 13.3. The Morgan fingerprint density at radius 2 is 2.20 bits per heavy atom. The highest BCUT2D eigenvalue weighted by molar-refractivity contribution is 8.01. The zero-order valence-electron chi connectivity index (χ0n) is 10.3. The molecule has 0 saturated heterocycles. The summed E-state index contributed by atoms with van der Waals surface area (Å²) in [6.45, 7) is 0. The van der Waals surface area contributed by atoms with Crippen molar-refractivity contribution in [3.8, 4) is 0 Å². The SMILES string of the molecule is CNc1nnc(SCC(=O)Nc2cc(F)ccc2F)s1. The summed E-state index contributed by atoms with van der Waals surface area (Å²) in [5.41, 5.74) is -0.177. The van der Waals surface area contributed by atoms with Gasteiger partial charge in [-0.15, -0.1) is 10.2 Å². The molecule has 0 saturated carbocycles. The molecule has 1 aromatic heterocycles. The van der Waals surface area contributed by atoms with E-state index in [1.807, 2.05) is 0 Å². The van der Waals surface area contributed by atoms with Crippen LogP contribution in [0.3, 0.4) is 0 Å². The minimum atomic E-state index is -0.682. The molecule has 0 radical (unpaired) electrons. The number of halogens is 2. The van der Waals surface area contributed by atoms with Gasteiger partial charge in [-0.25, -0.2) is 8.78 Å². The molecule has 20 heavy (non-hydrogen) atoms. The normalized spacial score (nSPS) is 10.3. The Hall–Kier alpha value is -1.74. The zero-order valence-corrected chi connectivity index (χ0v) is 11.9. The molecular formula is C11H10F2N4OS2. The van der Waals surface area contributed by atoms with Gasteiger partial charge in [-0.2, -0.15) is 0 Å². The van der Waals surface area contributed by atoms with E-state index in [1.54, 1.807) is 7.05 Å². The Morgan fingerprint density at radius 1 is 1.40 bits per heavy atom. The predicted octanol–water partition coefficient (Wildman–Crippen LogP) is 2.59. The van der Waals surface area contributed by atoms with Crippen molar-refractivity contribution in [1.29, 1.82) is 0 Å². The molecule has 0 aliphatic rings. The number of carbonyl (C=O) groups excluding carboxylic acids is 1. The summed E-state index contributed by atoms with van der Waals surface area (Å²) in [5.74, 6) is -1.70. The van der Waals surface area contributed by atoms with Crippen molar-refractivity contribution in [1.82, 2.24) is 10.2 Å². The lowest BCUT2D eigenvalue weighted by Gasteiger charge is -2.05. The van der Waals surface area contributed by atoms with Gasteiger partial charge in [0.1, 0.15) is 11.6 Å². The average molecular weight is 316 g/mol. The lowest BCUT2D eigenvalue weighted by Crippen LogP contribution is -2.15. The molecule has 1 aromatic carbocycles. The van der Waals surface area contributed by atoms with Crippen molar-refractivity contribution in [3.05, 3.63) is 29.8 Å². The molecule has 2 rings (SSSR count). The first-order valence-corrected chi connectivity index (χ1v) is 7.27. The van der Waals surface area contributed by atoms with Crippen LogP contribution in [0.4, 0.5) is 19.6 Å². The molecule has 5 nitrogen and oxygen atoms in total. The number of nitrogens with one attached hydrogen (secondary N) is 2. The van der Waals surface area contributed by atoms with Crippen molar-refractivity contribution in [2.24, 2.45) is 0 Å².